The maximum Gasteiger partial charge on any atom is 0.146 e. The van der Waals surface area contributed by atoms with Crippen LogP contribution in [-0.2, 0) is 6.61 Å². The zero-order chi connectivity index (χ0) is 23.3. The number of aromatic amines is 1. The normalized spacial score (nSPS) is 11.9. The first kappa shape index (κ1) is 21.9. The summed E-state index contributed by atoms with van der Waals surface area (Å²) in [7, 11) is 0. The Morgan fingerprint density at radius 1 is 0.941 bits per heavy atom. The fourth-order valence-corrected chi connectivity index (χ4v) is 4.06. The summed E-state index contributed by atoms with van der Waals surface area (Å²) in [5.74, 6) is 1.42. The van der Waals surface area contributed by atoms with Gasteiger partial charge in [0.05, 0.1) is 18.0 Å². The third-order valence-corrected chi connectivity index (χ3v) is 5.79. The van der Waals surface area contributed by atoms with Gasteiger partial charge in [0.2, 0.25) is 0 Å². The summed E-state index contributed by atoms with van der Waals surface area (Å²) in [5, 5.41) is 12.6. The number of rotatable bonds is 8. The van der Waals surface area contributed by atoms with Crippen LogP contribution < -0.4 is 9.64 Å². The smallest absolute Gasteiger partial charge is 0.146 e. The first-order valence-corrected chi connectivity index (χ1v) is 11.3. The molecule has 2 aromatic heterocycles. The van der Waals surface area contributed by atoms with E-state index in [4.69, 9.17) is 16.3 Å². The highest BCUT2D eigenvalue weighted by atomic mass is 35.5. The molecule has 3 aromatic carbocycles. The lowest BCUT2D eigenvalue weighted by molar-refractivity contribution is 0.186. The first-order chi connectivity index (χ1) is 16.7. The molecule has 5 aromatic rings. The van der Waals surface area contributed by atoms with E-state index in [2.05, 4.69) is 15.0 Å². The number of benzene rings is 3. The summed E-state index contributed by atoms with van der Waals surface area (Å²) >= 11 is 6.07. The minimum Gasteiger partial charge on any atom is -0.489 e. The Bertz CT molecular complexity index is 1390. The Hall–Kier alpha value is -3.87. The van der Waals surface area contributed by atoms with Gasteiger partial charge in [0.1, 0.15) is 30.1 Å². The van der Waals surface area contributed by atoms with Crippen LogP contribution in [0.15, 0.2) is 97.5 Å². The van der Waals surface area contributed by atoms with Gasteiger partial charge in [0.15, 0.2) is 0 Å². The Labute approximate surface area is 202 Å². The lowest BCUT2D eigenvalue weighted by Gasteiger charge is -2.27. The van der Waals surface area contributed by atoms with Gasteiger partial charge in [-0.3, -0.25) is 0 Å². The van der Waals surface area contributed by atoms with E-state index in [1.165, 1.54) is 6.33 Å². The summed E-state index contributed by atoms with van der Waals surface area (Å²) in [5.41, 5.74) is 3.45. The van der Waals surface area contributed by atoms with Crippen molar-refractivity contribution >= 4 is 34.1 Å². The quantitative estimate of drug-likeness (QED) is 0.288. The number of aliphatic hydroxyl groups excluding tert-OH is 1. The Morgan fingerprint density at radius 2 is 1.79 bits per heavy atom. The summed E-state index contributed by atoms with van der Waals surface area (Å²) in [4.78, 5) is 14.0. The number of halogens is 1. The highest BCUT2D eigenvalue weighted by molar-refractivity contribution is 6.30. The van der Waals surface area contributed by atoms with Crippen LogP contribution in [0.5, 0.6) is 5.75 Å². The molecule has 6 nitrogen and oxygen atoms in total. The summed E-state index contributed by atoms with van der Waals surface area (Å²) in [6.07, 6.45) is 2.66. The van der Waals surface area contributed by atoms with Gasteiger partial charge >= 0.3 is 0 Å². The molecule has 1 atom stereocenters. The molecule has 0 spiro atoms. The maximum atomic E-state index is 11.1. The number of aliphatic hydroxyl groups is 1. The molecule has 5 rings (SSSR count). The minimum absolute atomic E-state index is 0.319. The van der Waals surface area contributed by atoms with E-state index in [0.29, 0.717) is 29.7 Å². The third-order valence-electron chi connectivity index (χ3n) is 5.55. The second kappa shape index (κ2) is 9.95. The van der Waals surface area contributed by atoms with Crippen LogP contribution >= 0.6 is 11.6 Å². The molecule has 2 heterocycles. The predicted molar refractivity (Wildman–Crippen MR) is 135 cm³/mol. The van der Waals surface area contributed by atoms with E-state index in [1.807, 2.05) is 90.0 Å². The number of ether oxygens (including phenoxy) is 1. The zero-order valence-corrected chi connectivity index (χ0v) is 19.1. The number of nitrogens with one attached hydrogen (secondary N) is 1. The monoisotopic (exact) mass is 470 g/mol. The number of nitrogens with zero attached hydrogens (tertiary/aromatic N) is 3. The van der Waals surface area contributed by atoms with E-state index >= 15 is 0 Å². The minimum atomic E-state index is -0.712. The van der Waals surface area contributed by atoms with Crippen molar-refractivity contribution in [2.75, 3.05) is 11.4 Å². The van der Waals surface area contributed by atoms with Crippen LogP contribution in [0.2, 0.25) is 5.02 Å². The molecule has 2 N–H and O–H groups in total. The van der Waals surface area contributed by atoms with Crippen molar-refractivity contribution in [3.8, 4) is 5.75 Å². The highest BCUT2D eigenvalue weighted by Crippen LogP contribution is 2.32. The van der Waals surface area contributed by atoms with Gasteiger partial charge in [-0.15, -0.1) is 0 Å². The molecule has 0 aliphatic carbocycles. The van der Waals surface area contributed by atoms with E-state index < -0.39 is 6.10 Å². The van der Waals surface area contributed by atoms with Crippen molar-refractivity contribution in [3.63, 3.8) is 0 Å². The molecule has 0 aliphatic rings. The van der Waals surface area contributed by atoms with E-state index in [1.54, 1.807) is 6.07 Å². The second-order valence-corrected chi connectivity index (χ2v) is 8.33. The Balaban J connectivity index is 1.47. The third kappa shape index (κ3) is 4.88. The largest absolute Gasteiger partial charge is 0.489 e. The summed E-state index contributed by atoms with van der Waals surface area (Å²) < 4.78 is 5.94. The molecule has 34 heavy (non-hydrogen) atoms. The molecule has 1 unspecified atom stereocenters. The van der Waals surface area contributed by atoms with E-state index in [-0.39, 0.29) is 0 Å². The number of fused-ring (bicyclic) bond motifs is 1. The van der Waals surface area contributed by atoms with Gasteiger partial charge in [-0.1, -0.05) is 60.1 Å². The lowest BCUT2D eigenvalue weighted by Crippen LogP contribution is -2.25. The zero-order valence-electron chi connectivity index (χ0n) is 18.3. The van der Waals surface area contributed by atoms with Gasteiger partial charge < -0.3 is 19.7 Å². The van der Waals surface area contributed by atoms with Crippen LogP contribution in [0, 0.1) is 0 Å². The molecule has 0 fully saturated rings. The molecule has 0 saturated heterocycles. The average molecular weight is 471 g/mol. The van der Waals surface area contributed by atoms with Gasteiger partial charge in [0.25, 0.3) is 0 Å². The number of hydrogen-bond donors (Lipinski definition) is 2. The second-order valence-electron chi connectivity index (χ2n) is 7.89. The van der Waals surface area contributed by atoms with Crippen molar-refractivity contribution in [2.24, 2.45) is 0 Å². The van der Waals surface area contributed by atoms with Crippen molar-refractivity contribution in [1.29, 1.82) is 0 Å². The SMILES string of the molecule is OC(CN(c1cccc(COc2cccc(Cl)c2)c1)c1ncnc2[nH]ccc12)c1ccccc1. The number of hydrogen-bond acceptors (Lipinski definition) is 5. The number of anilines is 2. The molecule has 0 saturated carbocycles. The van der Waals surface area contributed by atoms with Crippen LogP contribution in [0.4, 0.5) is 11.5 Å². The predicted octanol–water partition coefficient (Wildman–Crippen LogP) is 6.06. The van der Waals surface area contributed by atoms with Crippen LogP contribution in [-0.4, -0.2) is 26.6 Å². The molecule has 0 aliphatic heterocycles. The number of aromatic nitrogens is 3. The van der Waals surface area contributed by atoms with E-state index in [0.717, 1.165) is 27.8 Å². The van der Waals surface area contributed by atoms with Crippen LogP contribution in [0.3, 0.4) is 0 Å². The van der Waals surface area contributed by atoms with Crippen LogP contribution in [0.1, 0.15) is 17.2 Å². The van der Waals surface area contributed by atoms with Gasteiger partial charge in [-0.05, 0) is 47.5 Å². The Kier molecular flexibility index (Phi) is 6.42. The van der Waals surface area contributed by atoms with Gasteiger partial charge in [0, 0.05) is 16.9 Å². The molecule has 170 valence electrons. The lowest BCUT2D eigenvalue weighted by atomic mass is 10.1. The average Bonchev–Trinajstić information content (AvgIpc) is 3.36. The summed E-state index contributed by atoms with van der Waals surface area (Å²) in [6.45, 7) is 0.701. The van der Waals surface area contributed by atoms with Crippen LogP contribution in [0.25, 0.3) is 11.0 Å². The van der Waals surface area contributed by atoms with Crippen molar-refractivity contribution in [1.82, 2.24) is 15.0 Å². The van der Waals surface area contributed by atoms with Crippen molar-refractivity contribution in [3.05, 3.63) is 114 Å². The number of H-pyrrole nitrogens is 1. The summed E-state index contributed by atoms with van der Waals surface area (Å²) in [6, 6.07) is 26.9. The van der Waals surface area contributed by atoms with Gasteiger partial charge in [-0.25, -0.2) is 9.97 Å². The standard InChI is InChI=1S/C27H23ClN4O2/c28-21-9-5-11-23(15-21)34-17-19-6-4-10-22(14-19)32(16-25(33)20-7-2-1-3-8-20)27-24-12-13-29-26(24)30-18-31-27/h1-15,18,25,33H,16-17H2,(H,29,30,31). The van der Waals surface area contributed by atoms with Gasteiger partial charge in [-0.2, -0.15) is 0 Å². The topological polar surface area (TPSA) is 74.3 Å². The molecule has 0 bridgehead atoms. The fraction of sp³-hybridized carbons (Fsp3) is 0.111. The fourth-order valence-electron chi connectivity index (χ4n) is 3.88. The molecular formula is C27H23ClN4O2. The first-order valence-electron chi connectivity index (χ1n) is 10.9. The molecular weight excluding hydrogens is 448 g/mol. The molecule has 7 heteroatoms. The Morgan fingerprint density at radius 3 is 2.65 bits per heavy atom. The molecule has 0 amide bonds. The molecule has 0 radical (unpaired) electrons. The maximum absolute atomic E-state index is 11.1. The van der Waals surface area contributed by atoms with Crippen molar-refractivity contribution < 1.29 is 9.84 Å². The highest BCUT2D eigenvalue weighted by Gasteiger charge is 2.20. The van der Waals surface area contributed by atoms with E-state index in [9.17, 15) is 5.11 Å². The van der Waals surface area contributed by atoms with Crippen molar-refractivity contribution in [2.45, 2.75) is 12.7 Å².